The number of nitrogens with two attached hydrogens (primary N) is 1. The Morgan fingerprint density at radius 1 is 1.29 bits per heavy atom. The smallest absolute Gasteiger partial charge is 0.245 e. The van der Waals surface area contributed by atoms with Crippen molar-refractivity contribution in [1.29, 1.82) is 0 Å². The number of carbonyl (C=O) groups excluding carboxylic acids is 1. The zero-order chi connectivity index (χ0) is 14.8. The predicted molar refractivity (Wildman–Crippen MR) is 78.2 cm³/mol. The number of rotatable bonds is 4. The van der Waals surface area contributed by atoms with Gasteiger partial charge in [0, 0.05) is 6.54 Å². The van der Waals surface area contributed by atoms with Crippen LogP contribution in [0.15, 0.2) is 30.3 Å². The molecule has 0 aliphatic carbocycles. The lowest BCUT2D eigenvalue weighted by molar-refractivity contribution is -0.137. The molecule has 2 N–H and O–H groups in total. The topological polar surface area (TPSA) is 77.0 Å². The van der Waals surface area contributed by atoms with Crippen molar-refractivity contribution in [1.82, 2.24) is 19.7 Å². The molecule has 0 unspecified atom stereocenters. The van der Waals surface area contributed by atoms with E-state index in [0.29, 0.717) is 25.5 Å². The van der Waals surface area contributed by atoms with Crippen molar-refractivity contribution in [3.05, 3.63) is 47.5 Å². The van der Waals surface area contributed by atoms with E-state index in [1.54, 1.807) is 0 Å². The Morgan fingerprint density at radius 3 is 2.76 bits per heavy atom. The van der Waals surface area contributed by atoms with Crippen molar-refractivity contribution < 1.29 is 4.79 Å². The zero-order valence-corrected chi connectivity index (χ0v) is 12.1. The lowest BCUT2D eigenvalue weighted by Crippen LogP contribution is -2.43. The molecule has 1 amide bonds. The van der Waals surface area contributed by atoms with E-state index >= 15 is 0 Å². The van der Waals surface area contributed by atoms with E-state index < -0.39 is 0 Å². The summed E-state index contributed by atoms with van der Waals surface area (Å²) in [5.74, 6) is 1.59. The summed E-state index contributed by atoms with van der Waals surface area (Å²) in [6, 6.07) is 9.90. The van der Waals surface area contributed by atoms with Gasteiger partial charge in [-0.25, -0.2) is 0 Å². The molecule has 0 saturated heterocycles. The molecule has 2 aromatic rings. The Balaban J connectivity index is 1.75. The molecule has 1 aliphatic rings. The number of fused-ring (bicyclic) bond motifs is 1. The van der Waals surface area contributed by atoms with Gasteiger partial charge >= 0.3 is 0 Å². The van der Waals surface area contributed by atoms with Crippen LogP contribution in [0.2, 0.25) is 0 Å². The number of amides is 1. The first-order valence-electron chi connectivity index (χ1n) is 7.16. The van der Waals surface area contributed by atoms with E-state index in [4.69, 9.17) is 5.73 Å². The van der Waals surface area contributed by atoms with Gasteiger partial charge in [0.05, 0.1) is 13.1 Å². The molecular formula is C15H19N5O. The number of carbonyl (C=O) groups is 1. The van der Waals surface area contributed by atoms with E-state index in [2.05, 4.69) is 22.3 Å². The first-order valence-corrected chi connectivity index (χ1v) is 7.16. The van der Waals surface area contributed by atoms with Gasteiger partial charge in [0.15, 0.2) is 5.82 Å². The molecule has 1 aliphatic heterocycles. The molecule has 6 nitrogen and oxygen atoms in total. The number of hydrogen-bond donors (Lipinski definition) is 1. The molecular weight excluding hydrogens is 266 g/mol. The molecule has 0 fully saturated rings. The van der Waals surface area contributed by atoms with Gasteiger partial charge in [0.2, 0.25) is 5.91 Å². The summed E-state index contributed by atoms with van der Waals surface area (Å²) < 4.78 is 1.86. The summed E-state index contributed by atoms with van der Waals surface area (Å²) >= 11 is 0. The highest BCUT2D eigenvalue weighted by atomic mass is 16.2. The number of hydrogen-bond acceptors (Lipinski definition) is 4. The zero-order valence-electron chi connectivity index (χ0n) is 12.1. The normalized spacial score (nSPS) is 17.9. The quantitative estimate of drug-likeness (QED) is 0.904. The van der Waals surface area contributed by atoms with Crippen LogP contribution in [-0.4, -0.2) is 32.1 Å². The van der Waals surface area contributed by atoms with Crippen molar-refractivity contribution in [3.8, 4) is 0 Å². The van der Waals surface area contributed by atoms with Crippen molar-refractivity contribution in [2.75, 3.05) is 6.54 Å². The second kappa shape index (κ2) is 5.65. The number of aromatic nitrogens is 3. The molecule has 0 spiro atoms. The SMILES string of the molecule is C[C@H]1C(=O)N(CCc2ccccc2)Cc2nnc(CN)n21. The Bertz CT molecular complexity index is 637. The van der Waals surface area contributed by atoms with Crippen LogP contribution in [0.25, 0.3) is 0 Å². The fourth-order valence-corrected chi connectivity index (χ4v) is 2.78. The standard InChI is InChI=1S/C15H19N5O/c1-11-15(21)19(8-7-12-5-3-2-4-6-12)10-14-18-17-13(9-16)20(11)14/h2-6,11H,7-10,16H2,1H3/t11-/m0/s1. The van der Waals surface area contributed by atoms with Crippen LogP contribution < -0.4 is 5.73 Å². The minimum absolute atomic E-state index is 0.105. The molecule has 3 rings (SSSR count). The average molecular weight is 285 g/mol. The Kier molecular flexibility index (Phi) is 3.70. The van der Waals surface area contributed by atoms with Crippen molar-refractivity contribution in [2.45, 2.75) is 32.5 Å². The molecule has 0 saturated carbocycles. The van der Waals surface area contributed by atoms with E-state index in [-0.39, 0.29) is 11.9 Å². The van der Waals surface area contributed by atoms with E-state index in [1.165, 1.54) is 5.56 Å². The van der Waals surface area contributed by atoms with Gasteiger partial charge in [-0.2, -0.15) is 0 Å². The Labute approximate surface area is 123 Å². The summed E-state index contributed by atoms with van der Waals surface area (Å²) in [6.07, 6.45) is 0.844. The third kappa shape index (κ3) is 2.54. The highest BCUT2D eigenvalue weighted by molar-refractivity contribution is 5.81. The van der Waals surface area contributed by atoms with Crippen molar-refractivity contribution in [3.63, 3.8) is 0 Å². The summed E-state index contributed by atoms with van der Waals surface area (Å²) in [5.41, 5.74) is 6.88. The highest BCUT2D eigenvalue weighted by Crippen LogP contribution is 2.22. The molecule has 0 radical (unpaired) electrons. The third-order valence-corrected chi connectivity index (χ3v) is 3.92. The van der Waals surface area contributed by atoms with Crippen LogP contribution in [0.3, 0.4) is 0 Å². The van der Waals surface area contributed by atoms with Crippen LogP contribution in [0.1, 0.15) is 30.2 Å². The number of benzene rings is 1. The summed E-state index contributed by atoms with van der Waals surface area (Å²) in [6.45, 7) is 3.37. The number of nitrogens with zero attached hydrogens (tertiary/aromatic N) is 4. The molecule has 6 heteroatoms. The molecule has 1 aromatic heterocycles. The van der Waals surface area contributed by atoms with Crippen LogP contribution in [0.4, 0.5) is 0 Å². The predicted octanol–water partition coefficient (Wildman–Crippen LogP) is 0.883. The first-order chi connectivity index (χ1) is 10.2. The van der Waals surface area contributed by atoms with Crippen molar-refractivity contribution in [2.24, 2.45) is 5.73 Å². The van der Waals surface area contributed by atoms with Crippen LogP contribution >= 0.6 is 0 Å². The second-order valence-corrected chi connectivity index (χ2v) is 5.28. The summed E-state index contributed by atoms with van der Waals surface area (Å²) in [4.78, 5) is 14.3. The van der Waals surface area contributed by atoms with Crippen LogP contribution in [0, 0.1) is 0 Å². The van der Waals surface area contributed by atoms with Gasteiger partial charge in [-0.05, 0) is 18.9 Å². The van der Waals surface area contributed by atoms with Crippen molar-refractivity contribution >= 4 is 5.91 Å². The Hall–Kier alpha value is -2.21. The summed E-state index contributed by atoms with van der Waals surface area (Å²) in [7, 11) is 0. The molecule has 110 valence electrons. The van der Waals surface area contributed by atoms with E-state index in [9.17, 15) is 4.79 Å². The fourth-order valence-electron chi connectivity index (χ4n) is 2.78. The van der Waals surface area contributed by atoms with Gasteiger partial charge in [0.1, 0.15) is 11.9 Å². The summed E-state index contributed by atoms with van der Waals surface area (Å²) in [5, 5.41) is 8.22. The maximum atomic E-state index is 12.5. The molecule has 2 heterocycles. The van der Waals surface area contributed by atoms with Gasteiger partial charge < -0.3 is 10.6 Å². The lowest BCUT2D eigenvalue weighted by Gasteiger charge is -2.32. The first kappa shape index (κ1) is 13.8. The van der Waals surface area contributed by atoms with Gasteiger partial charge in [0.25, 0.3) is 0 Å². The maximum absolute atomic E-state index is 12.5. The van der Waals surface area contributed by atoms with Crippen LogP contribution in [0.5, 0.6) is 0 Å². The Morgan fingerprint density at radius 2 is 2.05 bits per heavy atom. The highest BCUT2D eigenvalue weighted by Gasteiger charge is 2.32. The second-order valence-electron chi connectivity index (χ2n) is 5.28. The third-order valence-electron chi connectivity index (χ3n) is 3.92. The van der Waals surface area contributed by atoms with Gasteiger partial charge in [-0.3, -0.25) is 9.36 Å². The average Bonchev–Trinajstić information content (AvgIpc) is 2.93. The molecule has 1 atom stereocenters. The van der Waals surface area contributed by atoms with Gasteiger partial charge in [-0.15, -0.1) is 10.2 Å². The lowest BCUT2D eigenvalue weighted by atomic mass is 10.1. The monoisotopic (exact) mass is 285 g/mol. The minimum atomic E-state index is -0.280. The minimum Gasteiger partial charge on any atom is -0.333 e. The molecule has 0 bridgehead atoms. The molecule has 21 heavy (non-hydrogen) atoms. The van der Waals surface area contributed by atoms with Crippen LogP contribution in [-0.2, 0) is 24.3 Å². The largest absolute Gasteiger partial charge is 0.333 e. The molecule has 1 aromatic carbocycles. The maximum Gasteiger partial charge on any atom is 0.245 e. The van der Waals surface area contributed by atoms with Gasteiger partial charge in [-0.1, -0.05) is 30.3 Å². The van der Waals surface area contributed by atoms with E-state index in [0.717, 1.165) is 12.2 Å². The fraction of sp³-hybridized carbons (Fsp3) is 0.400. The van der Waals surface area contributed by atoms with E-state index in [1.807, 2.05) is 34.6 Å².